The van der Waals surface area contributed by atoms with Gasteiger partial charge in [0.15, 0.2) is 0 Å². The van der Waals surface area contributed by atoms with Gasteiger partial charge in [0.1, 0.15) is 5.60 Å². The molecule has 0 aromatic rings. The molecule has 1 aliphatic rings. The van der Waals surface area contributed by atoms with Gasteiger partial charge in [0.05, 0.1) is 6.54 Å². The van der Waals surface area contributed by atoms with Crippen LogP contribution in [0.2, 0.25) is 0 Å². The number of carbonyl (C=O) groups is 1. The summed E-state index contributed by atoms with van der Waals surface area (Å²) in [6.07, 6.45) is 0.211. The number of halogens is 2. The maximum atomic E-state index is 13.7. The number of ether oxygens (including phenoxy) is 1. The van der Waals surface area contributed by atoms with Gasteiger partial charge in [-0.1, -0.05) is 0 Å². The minimum Gasteiger partial charge on any atom is -0.444 e. The second-order valence-electron chi connectivity index (χ2n) is 5.75. The SMILES string of the molecule is CC(C)(C)OC(=O)N1CC(CCCN)C(F)(F)C1. The summed E-state index contributed by atoms with van der Waals surface area (Å²) in [5.74, 6) is -3.65. The highest BCUT2D eigenvalue weighted by Gasteiger charge is 2.49. The van der Waals surface area contributed by atoms with Crippen molar-refractivity contribution >= 4 is 6.09 Å². The molecule has 1 rings (SSSR count). The van der Waals surface area contributed by atoms with Crippen molar-refractivity contribution in [2.75, 3.05) is 19.6 Å². The molecule has 0 saturated carbocycles. The molecule has 1 saturated heterocycles. The fourth-order valence-corrected chi connectivity index (χ4v) is 1.98. The number of nitrogens with zero attached hydrogens (tertiary/aromatic N) is 1. The van der Waals surface area contributed by atoms with Crippen LogP contribution < -0.4 is 5.73 Å². The molecular weight excluding hydrogens is 242 g/mol. The molecule has 1 unspecified atom stereocenters. The Balaban J connectivity index is 2.59. The molecule has 4 nitrogen and oxygen atoms in total. The van der Waals surface area contributed by atoms with Crippen LogP contribution in [0, 0.1) is 5.92 Å². The number of hydrogen-bond donors (Lipinski definition) is 1. The number of nitrogens with two attached hydrogens (primary N) is 1. The number of hydrogen-bond acceptors (Lipinski definition) is 3. The Morgan fingerprint density at radius 3 is 2.61 bits per heavy atom. The molecule has 1 aliphatic heterocycles. The van der Waals surface area contributed by atoms with Crippen molar-refractivity contribution in [3.63, 3.8) is 0 Å². The van der Waals surface area contributed by atoms with Crippen LogP contribution in [0.4, 0.5) is 13.6 Å². The molecule has 1 atom stereocenters. The van der Waals surface area contributed by atoms with Gasteiger partial charge >= 0.3 is 6.09 Å². The van der Waals surface area contributed by atoms with Crippen molar-refractivity contribution in [3.8, 4) is 0 Å². The van der Waals surface area contributed by atoms with E-state index in [0.29, 0.717) is 19.4 Å². The number of rotatable bonds is 3. The van der Waals surface area contributed by atoms with Crippen LogP contribution in [0.1, 0.15) is 33.6 Å². The third-order valence-corrected chi connectivity index (χ3v) is 2.85. The van der Waals surface area contributed by atoms with Crippen molar-refractivity contribution < 1.29 is 18.3 Å². The van der Waals surface area contributed by atoms with E-state index in [4.69, 9.17) is 10.5 Å². The zero-order chi connectivity index (χ0) is 14.0. The van der Waals surface area contributed by atoms with Crippen LogP contribution in [0.3, 0.4) is 0 Å². The van der Waals surface area contributed by atoms with Crippen LogP contribution in [-0.2, 0) is 4.74 Å². The summed E-state index contributed by atoms with van der Waals surface area (Å²) < 4.78 is 32.5. The fraction of sp³-hybridized carbons (Fsp3) is 0.917. The van der Waals surface area contributed by atoms with E-state index in [0.717, 1.165) is 4.90 Å². The zero-order valence-electron chi connectivity index (χ0n) is 11.2. The molecule has 2 N–H and O–H groups in total. The lowest BCUT2D eigenvalue weighted by Gasteiger charge is -2.24. The summed E-state index contributed by atoms with van der Waals surface area (Å²) in [7, 11) is 0. The Morgan fingerprint density at radius 1 is 1.50 bits per heavy atom. The quantitative estimate of drug-likeness (QED) is 0.850. The molecule has 0 aromatic heterocycles. The van der Waals surface area contributed by atoms with Crippen LogP contribution in [0.25, 0.3) is 0 Å². The first kappa shape index (κ1) is 15.1. The Kier molecular flexibility index (Phi) is 4.53. The minimum absolute atomic E-state index is 0.0436. The van der Waals surface area contributed by atoms with Gasteiger partial charge in [-0.15, -0.1) is 0 Å². The van der Waals surface area contributed by atoms with E-state index in [2.05, 4.69) is 0 Å². The summed E-state index contributed by atoms with van der Waals surface area (Å²) >= 11 is 0. The maximum Gasteiger partial charge on any atom is 0.410 e. The van der Waals surface area contributed by atoms with Gasteiger partial charge in [0.25, 0.3) is 5.92 Å². The smallest absolute Gasteiger partial charge is 0.410 e. The van der Waals surface area contributed by atoms with E-state index in [1.807, 2.05) is 0 Å². The van der Waals surface area contributed by atoms with Gasteiger partial charge in [-0.2, -0.15) is 0 Å². The molecule has 0 spiro atoms. The first-order valence-electron chi connectivity index (χ1n) is 6.21. The summed E-state index contributed by atoms with van der Waals surface area (Å²) in [6.45, 7) is 5.01. The van der Waals surface area contributed by atoms with E-state index in [1.54, 1.807) is 20.8 Å². The Morgan fingerprint density at radius 2 is 2.11 bits per heavy atom. The average Bonchev–Trinajstić information content (AvgIpc) is 2.48. The average molecular weight is 264 g/mol. The Bertz CT molecular complexity index is 303. The first-order valence-corrected chi connectivity index (χ1v) is 6.21. The summed E-state index contributed by atoms with van der Waals surface area (Å²) in [5, 5.41) is 0. The van der Waals surface area contributed by atoms with Crippen molar-refractivity contribution in [2.45, 2.75) is 45.1 Å². The van der Waals surface area contributed by atoms with E-state index < -0.39 is 30.1 Å². The van der Waals surface area contributed by atoms with Gasteiger partial charge in [0, 0.05) is 12.5 Å². The predicted molar refractivity (Wildman–Crippen MR) is 64.5 cm³/mol. The lowest BCUT2D eigenvalue weighted by Crippen LogP contribution is -2.36. The van der Waals surface area contributed by atoms with Gasteiger partial charge in [-0.3, -0.25) is 0 Å². The maximum absolute atomic E-state index is 13.7. The molecule has 1 amide bonds. The Hall–Kier alpha value is -0.910. The molecule has 1 heterocycles. The van der Waals surface area contributed by atoms with Gasteiger partial charge < -0.3 is 15.4 Å². The number of alkyl halides is 2. The normalized spacial score (nSPS) is 23.2. The highest BCUT2D eigenvalue weighted by Crippen LogP contribution is 2.36. The van der Waals surface area contributed by atoms with E-state index in [9.17, 15) is 13.6 Å². The molecule has 0 aliphatic carbocycles. The van der Waals surface area contributed by atoms with Crippen molar-refractivity contribution in [2.24, 2.45) is 11.7 Å². The third kappa shape index (κ3) is 4.08. The number of amides is 1. The largest absolute Gasteiger partial charge is 0.444 e. The summed E-state index contributed by atoms with van der Waals surface area (Å²) in [6, 6.07) is 0. The van der Waals surface area contributed by atoms with Crippen molar-refractivity contribution in [1.29, 1.82) is 0 Å². The topological polar surface area (TPSA) is 55.6 Å². The molecule has 18 heavy (non-hydrogen) atoms. The monoisotopic (exact) mass is 264 g/mol. The Labute approximate surface area is 106 Å². The molecule has 1 fully saturated rings. The lowest BCUT2D eigenvalue weighted by atomic mass is 9.99. The predicted octanol–water partition coefficient (Wildman–Crippen LogP) is 2.23. The van der Waals surface area contributed by atoms with Crippen LogP contribution >= 0.6 is 0 Å². The first-order chi connectivity index (χ1) is 8.15. The highest BCUT2D eigenvalue weighted by molar-refractivity contribution is 5.68. The van der Waals surface area contributed by atoms with Crippen molar-refractivity contribution in [1.82, 2.24) is 4.90 Å². The minimum atomic E-state index is -2.84. The van der Waals surface area contributed by atoms with Crippen LogP contribution in [-0.4, -0.2) is 42.2 Å². The number of likely N-dealkylation sites (tertiary alicyclic amines) is 1. The van der Waals surface area contributed by atoms with Gasteiger partial charge in [0.2, 0.25) is 0 Å². The van der Waals surface area contributed by atoms with Crippen LogP contribution in [0.5, 0.6) is 0 Å². The molecule has 106 valence electrons. The molecule has 0 radical (unpaired) electrons. The fourth-order valence-electron chi connectivity index (χ4n) is 1.98. The van der Waals surface area contributed by atoms with Gasteiger partial charge in [-0.05, 0) is 40.2 Å². The molecule has 0 aromatic carbocycles. The molecular formula is C12H22F2N2O2. The zero-order valence-corrected chi connectivity index (χ0v) is 11.2. The van der Waals surface area contributed by atoms with E-state index in [1.165, 1.54) is 0 Å². The second-order valence-corrected chi connectivity index (χ2v) is 5.75. The van der Waals surface area contributed by atoms with Crippen LogP contribution in [0.15, 0.2) is 0 Å². The summed E-state index contributed by atoms with van der Waals surface area (Å²) in [4.78, 5) is 12.8. The standard InChI is InChI=1S/C12H22F2N2O2/c1-11(2,3)18-10(17)16-7-9(5-4-6-15)12(13,14)8-16/h9H,4-8,15H2,1-3H3. The van der Waals surface area contributed by atoms with E-state index in [-0.39, 0.29) is 6.54 Å². The van der Waals surface area contributed by atoms with Gasteiger partial charge in [-0.25, -0.2) is 13.6 Å². The second kappa shape index (κ2) is 5.38. The number of carbonyl (C=O) groups excluding carboxylic acids is 1. The molecule has 0 bridgehead atoms. The third-order valence-electron chi connectivity index (χ3n) is 2.85. The highest BCUT2D eigenvalue weighted by atomic mass is 19.3. The van der Waals surface area contributed by atoms with E-state index >= 15 is 0 Å². The van der Waals surface area contributed by atoms with Crippen molar-refractivity contribution in [3.05, 3.63) is 0 Å². The molecule has 6 heteroatoms. The lowest BCUT2D eigenvalue weighted by molar-refractivity contribution is -0.0321. The summed E-state index contributed by atoms with van der Waals surface area (Å²) in [5.41, 5.74) is 4.66.